The van der Waals surface area contributed by atoms with Crippen LogP contribution in [-0.4, -0.2) is 17.0 Å². The molecule has 0 saturated heterocycles. The van der Waals surface area contributed by atoms with Gasteiger partial charge in [-0.3, -0.25) is 14.9 Å². The molecule has 2 aromatic rings. The highest BCUT2D eigenvalue weighted by Crippen LogP contribution is 2.25. The summed E-state index contributed by atoms with van der Waals surface area (Å²) in [6.07, 6.45) is 1.51. The Bertz CT molecular complexity index is 766. The Hall–Kier alpha value is -2.06. The first-order chi connectivity index (χ1) is 10.9. The third kappa shape index (κ3) is 4.46. The van der Waals surface area contributed by atoms with E-state index in [1.165, 1.54) is 30.5 Å². The fourth-order valence-electron chi connectivity index (χ4n) is 1.70. The number of amides is 1. The van der Waals surface area contributed by atoms with Crippen molar-refractivity contribution in [3.8, 4) is 0 Å². The van der Waals surface area contributed by atoms with Crippen molar-refractivity contribution in [3.05, 3.63) is 72.1 Å². The maximum Gasteiger partial charge on any atom is 0.271 e. The number of hydrazone groups is 1. The number of carbonyl (C=O) groups excluding carboxylic acids is 1. The minimum Gasteiger partial charge on any atom is -0.267 e. The maximum atomic E-state index is 11.9. The Labute approximate surface area is 149 Å². The van der Waals surface area contributed by atoms with E-state index in [9.17, 15) is 14.9 Å². The SMILES string of the molecule is Cc1c(Br)cc(/C=N/NC(=O)c2ccc([N+](=O)[O-])cc2)cc1Br. The van der Waals surface area contributed by atoms with Gasteiger partial charge in [-0.25, -0.2) is 5.43 Å². The molecule has 1 N–H and O–H groups in total. The zero-order chi connectivity index (χ0) is 17.0. The van der Waals surface area contributed by atoms with Gasteiger partial charge in [0.2, 0.25) is 0 Å². The highest BCUT2D eigenvalue weighted by Gasteiger charge is 2.08. The predicted molar refractivity (Wildman–Crippen MR) is 94.7 cm³/mol. The molecule has 0 heterocycles. The standard InChI is InChI=1S/C15H11Br2N3O3/c1-9-13(16)6-10(7-14(9)17)8-18-19-15(21)11-2-4-12(5-3-11)20(22)23/h2-8H,1H3,(H,19,21)/b18-8+. The van der Waals surface area contributed by atoms with E-state index >= 15 is 0 Å². The number of benzene rings is 2. The minimum absolute atomic E-state index is 0.0700. The largest absolute Gasteiger partial charge is 0.271 e. The van der Waals surface area contributed by atoms with Crippen LogP contribution in [0.4, 0.5) is 5.69 Å². The van der Waals surface area contributed by atoms with Crippen molar-refractivity contribution < 1.29 is 9.72 Å². The molecule has 2 rings (SSSR count). The van der Waals surface area contributed by atoms with Crippen molar-refractivity contribution in [1.82, 2.24) is 5.43 Å². The molecule has 0 unspecified atom stereocenters. The molecule has 0 radical (unpaired) electrons. The van der Waals surface area contributed by atoms with Gasteiger partial charge in [-0.15, -0.1) is 0 Å². The lowest BCUT2D eigenvalue weighted by Crippen LogP contribution is -2.17. The Kier molecular flexibility index (Phi) is 5.62. The van der Waals surface area contributed by atoms with Gasteiger partial charge in [0.25, 0.3) is 11.6 Å². The lowest BCUT2D eigenvalue weighted by Gasteiger charge is -2.03. The van der Waals surface area contributed by atoms with Gasteiger partial charge in [-0.1, -0.05) is 31.9 Å². The van der Waals surface area contributed by atoms with Crippen LogP contribution in [0.2, 0.25) is 0 Å². The number of rotatable bonds is 4. The number of non-ortho nitro benzene ring substituents is 1. The molecule has 118 valence electrons. The molecule has 6 nitrogen and oxygen atoms in total. The van der Waals surface area contributed by atoms with Crippen molar-refractivity contribution in [1.29, 1.82) is 0 Å². The van der Waals surface area contributed by atoms with E-state index in [1.807, 2.05) is 19.1 Å². The summed E-state index contributed by atoms with van der Waals surface area (Å²) in [4.78, 5) is 21.9. The smallest absolute Gasteiger partial charge is 0.267 e. The third-order valence-corrected chi connectivity index (χ3v) is 4.67. The second kappa shape index (κ2) is 7.47. The Morgan fingerprint density at radius 1 is 1.22 bits per heavy atom. The molecule has 0 atom stereocenters. The Morgan fingerprint density at radius 3 is 2.30 bits per heavy atom. The number of nitrogens with one attached hydrogen (secondary N) is 1. The van der Waals surface area contributed by atoms with Gasteiger partial charge in [-0.2, -0.15) is 5.10 Å². The first-order valence-electron chi connectivity index (χ1n) is 6.42. The van der Waals surface area contributed by atoms with E-state index < -0.39 is 10.8 Å². The summed E-state index contributed by atoms with van der Waals surface area (Å²) in [6, 6.07) is 9.05. The summed E-state index contributed by atoms with van der Waals surface area (Å²) in [5, 5.41) is 14.5. The van der Waals surface area contributed by atoms with Crippen LogP contribution in [0.5, 0.6) is 0 Å². The molecule has 0 aliphatic heterocycles. The number of hydrogen-bond acceptors (Lipinski definition) is 4. The number of nitro groups is 1. The van der Waals surface area contributed by atoms with Crippen LogP contribution in [0.1, 0.15) is 21.5 Å². The van der Waals surface area contributed by atoms with Crippen LogP contribution in [-0.2, 0) is 0 Å². The normalized spacial score (nSPS) is 10.7. The van der Waals surface area contributed by atoms with Crippen LogP contribution in [0.3, 0.4) is 0 Å². The fourth-order valence-corrected chi connectivity index (χ4v) is 2.93. The van der Waals surface area contributed by atoms with E-state index in [0.29, 0.717) is 5.56 Å². The van der Waals surface area contributed by atoms with E-state index in [1.54, 1.807) is 0 Å². The molecular weight excluding hydrogens is 430 g/mol. The predicted octanol–water partition coefficient (Wildman–Crippen LogP) is 4.19. The summed E-state index contributed by atoms with van der Waals surface area (Å²) >= 11 is 6.88. The van der Waals surface area contributed by atoms with Gasteiger partial charge in [0, 0.05) is 26.6 Å². The Morgan fingerprint density at radius 2 is 1.78 bits per heavy atom. The first kappa shape index (κ1) is 17.3. The van der Waals surface area contributed by atoms with Gasteiger partial charge in [-0.05, 0) is 42.3 Å². The number of hydrogen-bond donors (Lipinski definition) is 1. The zero-order valence-electron chi connectivity index (χ0n) is 11.9. The highest BCUT2D eigenvalue weighted by molar-refractivity contribution is 9.11. The van der Waals surface area contributed by atoms with Crippen LogP contribution in [0, 0.1) is 17.0 Å². The van der Waals surface area contributed by atoms with Crippen molar-refractivity contribution in [2.45, 2.75) is 6.92 Å². The molecule has 2 aromatic carbocycles. The summed E-state index contributed by atoms with van der Waals surface area (Å²) < 4.78 is 1.85. The van der Waals surface area contributed by atoms with Crippen molar-refractivity contribution in [3.63, 3.8) is 0 Å². The van der Waals surface area contributed by atoms with Crippen LogP contribution in [0.15, 0.2) is 50.4 Å². The van der Waals surface area contributed by atoms with Crippen LogP contribution >= 0.6 is 31.9 Å². The second-order valence-corrected chi connectivity index (χ2v) is 6.32. The Balaban J connectivity index is 2.05. The summed E-state index contributed by atoms with van der Waals surface area (Å²) in [5.74, 6) is -0.443. The molecule has 0 aliphatic carbocycles. The fraction of sp³-hybridized carbons (Fsp3) is 0.0667. The molecule has 0 aliphatic rings. The molecule has 8 heteroatoms. The van der Waals surface area contributed by atoms with Crippen molar-refractivity contribution in [2.24, 2.45) is 5.10 Å². The van der Waals surface area contributed by atoms with Crippen molar-refractivity contribution >= 4 is 49.7 Å². The molecule has 0 aromatic heterocycles. The maximum absolute atomic E-state index is 11.9. The monoisotopic (exact) mass is 439 g/mol. The average molecular weight is 441 g/mol. The summed E-state index contributed by atoms with van der Waals surface area (Å²) in [6.45, 7) is 1.96. The number of nitrogens with zero attached hydrogens (tertiary/aromatic N) is 2. The van der Waals surface area contributed by atoms with Gasteiger partial charge >= 0.3 is 0 Å². The lowest BCUT2D eigenvalue weighted by molar-refractivity contribution is -0.384. The number of nitro benzene ring substituents is 1. The average Bonchev–Trinajstić information content (AvgIpc) is 2.52. The van der Waals surface area contributed by atoms with E-state index in [2.05, 4.69) is 42.4 Å². The van der Waals surface area contributed by atoms with Gasteiger partial charge in [0.15, 0.2) is 0 Å². The third-order valence-electron chi connectivity index (χ3n) is 3.02. The topological polar surface area (TPSA) is 84.6 Å². The molecule has 0 bridgehead atoms. The second-order valence-electron chi connectivity index (χ2n) is 4.61. The molecule has 0 fully saturated rings. The molecule has 23 heavy (non-hydrogen) atoms. The number of halogens is 2. The van der Waals surface area contributed by atoms with Crippen LogP contribution < -0.4 is 5.43 Å². The van der Waals surface area contributed by atoms with E-state index in [4.69, 9.17) is 0 Å². The van der Waals surface area contributed by atoms with Crippen molar-refractivity contribution in [2.75, 3.05) is 0 Å². The van der Waals surface area contributed by atoms with Gasteiger partial charge in [0.1, 0.15) is 0 Å². The van der Waals surface area contributed by atoms with Crippen LogP contribution in [0.25, 0.3) is 0 Å². The van der Waals surface area contributed by atoms with E-state index in [-0.39, 0.29) is 5.69 Å². The summed E-state index contributed by atoms with van der Waals surface area (Å²) in [5.41, 5.74) is 4.47. The summed E-state index contributed by atoms with van der Waals surface area (Å²) in [7, 11) is 0. The minimum atomic E-state index is -0.521. The number of carbonyl (C=O) groups is 1. The van der Waals surface area contributed by atoms with E-state index in [0.717, 1.165) is 20.1 Å². The first-order valence-corrected chi connectivity index (χ1v) is 8.00. The zero-order valence-corrected chi connectivity index (χ0v) is 15.1. The quantitative estimate of drug-likeness (QED) is 0.439. The molecule has 0 saturated carbocycles. The van der Waals surface area contributed by atoms with Gasteiger partial charge < -0.3 is 0 Å². The molecule has 1 amide bonds. The molecular formula is C15H11Br2N3O3. The lowest BCUT2D eigenvalue weighted by atomic mass is 10.2. The van der Waals surface area contributed by atoms with Gasteiger partial charge in [0.05, 0.1) is 11.1 Å². The highest BCUT2D eigenvalue weighted by atomic mass is 79.9. The molecule has 0 spiro atoms.